The molecule has 0 saturated carbocycles. The van der Waals surface area contributed by atoms with Gasteiger partial charge in [0.1, 0.15) is 10.0 Å². The summed E-state index contributed by atoms with van der Waals surface area (Å²) in [5, 5.41) is 4.14. The molecule has 0 radical (unpaired) electrons. The molecule has 0 fully saturated rings. The topological polar surface area (TPSA) is 101 Å². The molecule has 30 heavy (non-hydrogen) atoms. The molecule has 2 aromatic heterocycles. The van der Waals surface area contributed by atoms with Gasteiger partial charge in [0.25, 0.3) is 0 Å². The molecule has 2 aliphatic rings. The van der Waals surface area contributed by atoms with Gasteiger partial charge >= 0.3 is 11.7 Å². The van der Waals surface area contributed by atoms with Gasteiger partial charge in [-0.15, -0.1) is 11.3 Å². The Hall–Kier alpha value is -2.13. The number of aryl methyl sites for hydroxylation is 2. The molecule has 9 heteroatoms. The van der Waals surface area contributed by atoms with Crippen LogP contribution in [0.1, 0.15) is 64.7 Å². The molecule has 0 unspecified atom stereocenters. The molecule has 0 spiro atoms. The maximum Gasteiger partial charge on any atom is 0.346 e. The molecule has 0 bridgehead atoms. The van der Waals surface area contributed by atoms with Gasteiger partial charge in [0.15, 0.2) is 0 Å². The molecule has 2 heterocycles. The van der Waals surface area contributed by atoms with Crippen molar-refractivity contribution in [1.29, 1.82) is 0 Å². The van der Waals surface area contributed by atoms with Gasteiger partial charge < -0.3 is 15.0 Å². The minimum absolute atomic E-state index is 0.133. The highest BCUT2D eigenvalue weighted by Crippen LogP contribution is 2.38. The maximum absolute atomic E-state index is 12.7. The van der Waals surface area contributed by atoms with Gasteiger partial charge in [-0.3, -0.25) is 4.79 Å². The van der Waals surface area contributed by atoms with E-state index < -0.39 is 0 Å². The van der Waals surface area contributed by atoms with E-state index in [0.29, 0.717) is 22.2 Å². The van der Waals surface area contributed by atoms with E-state index in [4.69, 9.17) is 4.74 Å². The molecule has 7 nitrogen and oxygen atoms in total. The first-order chi connectivity index (χ1) is 14.6. The van der Waals surface area contributed by atoms with Crippen LogP contribution in [-0.4, -0.2) is 34.2 Å². The monoisotopic (exact) mass is 447 g/mol. The normalized spacial score (nSPS) is 15.2. The molecule has 2 aliphatic carbocycles. The van der Waals surface area contributed by atoms with Crippen molar-refractivity contribution < 1.29 is 14.3 Å². The molecular formula is C21H25N3O4S2. The summed E-state index contributed by atoms with van der Waals surface area (Å²) in [7, 11) is 0. The highest BCUT2D eigenvalue weighted by Gasteiger charge is 2.27. The lowest BCUT2D eigenvalue weighted by atomic mass is 10.1. The van der Waals surface area contributed by atoms with Gasteiger partial charge in [-0.25, -0.2) is 9.59 Å². The molecule has 0 saturated heterocycles. The Morgan fingerprint density at radius 2 is 1.93 bits per heavy atom. The zero-order valence-corrected chi connectivity index (χ0v) is 18.6. The summed E-state index contributed by atoms with van der Waals surface area (Å²) in [5.74, 6) is -0.446. The first-order valence-corrected chi connectivity index (χ1v) is 12.2. The number of aromatic amines is 1. The number of carbonyl (C=O) groups excluding carboxylic acids is 2. The van der Waals surface area contributed by atoms with Crippen molar-refractivity contribution in [3.05, 3.63) is 37.7 Å². The summed E-state index contributed by atoms with van der Waals surface area (Å²) < 4.78 is 5.27. The average molecular weight is 448 g/mol. The predicted octanol–water partition coefficient (Wildman–Crippen LogP) is 3.50. The molecule has 1 amide bonds. The second-order valence-corrected chi connectivity index (χ2v) is 9.55. The number of esters is 1. The Morgan fingerprint density at radius 3 is 2.77 bits per heavy atom. The van der Waals surface area contributed by atoms with E-state index in [1.165, 1.54) is 28.0 Å². The summed E-state index contributed by atoms with van der Waals surface area (Å²) >= 11 is 2.76. The van der Waals surface area contributed by atoms with Gasteiger partial charge in [-0.2, -0.15) is 4.98 Å². The number of anilines is 1. The molecule has 4 rings (SSSR count). The van der Waals surface area contributed by atoms with Crippen LogP contribution in [0.5, 0.6) is 0 Å². The second-order valence-electron chi connectivity index (χ2n) is 7.48. The summed E-state index contributed by atoms with van der Waals surface area (Å²) in [6, 6.07) is 0. The smallest absolute Gasteiger partial charge is 0.346 e. The number of ether oxygens (including phenoxy) is 1. The summed E-state index contributed by atoms with van der Waals surface area (Å²) in [5.41, 5.74) is 3.16. The zero-order chi connectivity index (χ0) is 21.1. The van der Waals surface area contributed by atoms with Crippen LogP contribution in [0, 0.1) is 0 Å². The Kier molecular flexibility index (Phi) is 6.58. The lowest BCUT2D eigenvalue weighted by molar-refractivity contribution is -0.113. The van der Waals surface area contributed by atoms with E-state index in [9.17, 15) is 14.4 Å². The van der Waals surface area contributed by atoms with Crippen molar-refractivity contribution in [2.75, 3.05) is 17.7 Å². The van der Waals surface area contributed by atoms with Crippen LogP contribution >= 0.6 is 23.1 Å². The number of nitrogens with zero attached hydrogens (tertiary/aromatic N) is 1. The van der Waals surface area contributed by atoms with E-state index in [1.807, 2.05) is 0 Å². The van der Waals surface area contributed by atoms with Crippen LogP contribution in [0.25, 0.3) is 0 Å². The Labute approximate surface area is 183 Å². The fraction of sp³-hybridized carbons (Fsp3) is 0.524. The van der Waals surface area contributed by atoms with E-state index in [-0.39, 0.29) is 23.3 Å². The molecular weight excluding hydrogens is 422 g/mol. The third kappa shape index (κ3) is 4.46. The van der Waals surface area contributed by atoms with Crippen LogP contribution in [0.15, 0.2) is 9.82 Å². The standard InChI is InChI=1S/C21H25N3O4S2/c1-2-28-20(26)17-13-7-4-3-5-10-15(13)30-19(17)23-16(25)11-29-18-12-8-6-9-14(12)22-21(27)24-18/h2-11H2,1H3,(H,23,25)(H,22,24,27). The van der Waals surface area contributed by atoms with Gasteiger partial charge in [-0.05, 0) is 57.4 Å². The van der Waals surface area contributed by atoms with Gasteiger partial charge in [-0.1, -0.05) is 18.2 Å². The van der Waals surface area contributed by atoms with Crippen molar-refractivity contribution >= 4 is 40.0 Å². The number of amides is 1. The van der Waals surface area contributed by atoms with Crippen molar-refractivity contribution in [2.24, 2.45) is 0 Å². The van der Waals surface area contributed by atoms with Crippen LogP contribution < -0.4 is 11.0 Å². The van der Waals surface area contributed by atoms with Gasteiger partial charge in [0.2, 0.25) is 5.91 Å². The van der Waals surface area contributed by atoms with Crippen LogP contribution in [0.4, 0.5) is 5.00 Å². The number of thioether (sulfide) groups is 1. The van der Waals surface area contributed by atoms with Crippen LogP contribution in [0.3, 0.4) is 0 Å². The van der Waals surface area contributed by atoms with E-state index in [2.05, 4.69) is 15.3 Å². The Morgan fingerprint density at radius 1 is 1.13 bits per heavy atom. The summed E-state index contributed by atoms with van der Waals surface area (Å²) in [6.45, 7) is 2.08. The number of thiophene rings is 1. The van der Waals surface area contributed by atoms with E-state index >= 15 is 0 Å². The number of nitrogens with one attached hydrogen (secondary N) is 2. The van der Waals surface area contributed by atoms with Crippen molar-refractivity contribution in [2.45, 2.75) is 63.3 Å². The minimum Gasteiger partial charge on any atom is -0.462 e. The quantitative estimate of drug-likeness (QED) is 0.304. The number of hydrogen-bond acceptors (Lipinski definition) is 7. The molecule has 2 N–H and O–H groups in total. The molecule has 0 aliphatic heterocycles. The van der Waals surface area contributed by atoms with Crippen molar-refractivity contribution in [3.63, 3.8) is 0 Å². The first kappa shape index (κ1) is 21.1. The van der Waals surface area contributed by atoms with Crippen molar-refractivity contribution in [3.8, 4) is 0 Å². The Bertz CT molecular complexity index is 1030. The van der Waals surface area contributed by atoms with Crippen LogP contribution in [-0.2, 0) is 35.2 Å². The number of hydrogen-bond donors (Lipinski definition) is 2. The third-order valence-electron chi connectivity index (χ3n) is 5.43. The SMILES string of the molecule is CCOC(=O)c1c(NC(=O)CSc2nc(=O)[nH]c3c2CCC3)sc2c1CCCCC2. The maximum atomic E-state index is 12.7. The Balaban J connectivity index is 1.51. The molecule has 0 aromatic carbocycles. The molecule has 0 atom stereocenters. The van der Waals surface area contributed by atoms with E-state index in [0.717, 1.165) is 68.2 Å². The number of H-pyrrole nitrogens is 1. The number of rotatable bonds is 6. The van der Waals surface area contributed by atoms with Gasteiger partial charge in [0.05, 0.1) is 17.9 Å². The van der Waals surface area contributed by atoms with Gasteiger partial charge in [0, 0.05) is 16.1 Å². The summed E-state index contributed by atoms with van der Waals surface area (Å²) in [4.78, 5) is 45.1. The zero-order valence-electron chi connectivity index (χ0n) is 17.0. The first-order valence-electron chi connectivity index (χ1n) is 10.4. The third-order valence-corrected chi connectivity index (χ3v) is 7.66. The molecule has 2 aromatic rings. The highest BCUT2D eigenvalue weighted by molar-refractivity contribution is 8.00. The minimum atomic E-state index is -0.370. The highest BCUT2D eigenvalue weighted by atomic mass is 32.2. The van der Waals surface area contributed by atoms with Crippen LogP contribution in [0.2, 0.25) is 0 Å². The van der Waals surface area contributed by atoms with E-state index in [1.54, 1.807) is 6.92 Å². The van der Waals surface area contributed by atoms with Crippen molar-refractivity contribution in [1.82, 2.24) is 9.97 Å². The lowest BCUT2D eigenvalue weighted by Crippen LogP contribution is -2.18. The fourth-order valence-corrected chi connectivity index (χ4v) is 6.28. The fourth-order valence-electron chi connectivity index (χ4n) is 4.10. The second kappa shape index (κ2) is 9.34. The number of aromatic nitrogens is 2. The predicted molar refractivity (Wildman–Crippen MR) is 118 cm³/mol. The molecule has 160 valence electrons. The summed E-state index contributed by atoms with van der Waals surface area (Å²) in [6.07, 6.45) is 7.75. The average Bonchev–Trinajstić information content (AvgIpc) is 3.24. The largest absolute Gasteiger partial charge is 0.462 e. The number of carbonyl (C=O) groups is 2. The number of fused-ring (bicyclic) bond motifs is 2. The lowest BCUT2D eigenvalue weighted by Gasteiger charge is -2.09.